The Hall–Kier alpha value is -1.95. The van der Waals surface area contributed by atoms with Crippen LogP contribution in [0.3, 0.4) is 0 Å². The summed E-state index contributed by atoms with van der Waals surface area (Å²) in [7, 11) is 0. The lowest BCUT2D eigenvalue weighted by molar-refractivity contribution is 0.0357. The second-order valence-corrected chi connectivity index (χ2v) is 7.30. The van der Waals surface area contributed by atoms with Gasteiger partial charge in [-0.15, -0.1) is 0 Å². The van der Waals surface area contributed by atoms with Crippen LogP contribution in [0.1, 0.15) is 36.0 Å². The van der Waals surface area contributed by atoms with Gasteiger partial charge in [0.1, 0.15) is 11.9 Å². The third-order valence-electron chi connectivity index (χ3n) is 4.81. The maximum atomic E-state index is 12.9. The summed E-state index contributed by atoms with van der Waals surface area (Å²) in [5.41, 5.74) is 0.646. The molecule has 2 fully saturated rings. The molecule has 4 heterocycles. The van der Waals surface area contributed by atoms with Crippen LogP contribution in [0.15, 0.2) is 47.5 Å². The van der Waals surface area contributed by atoms with E-state index in [0.29, 0.717) is 5.56 Å². The smallest absolute Gasteiger partial charge is 0.255 e. The number of halogens is 1. The van der Waals surface area contributed by atoms with Crippen molar-refractivity contribution < 1.29 is 9.53 Å². The molecule has 2 aliphatic heterocycles. The van der Waals surface area contributed by atoms with Crippen LogP contribution in [0.5, 0.6) is 5.75 Å². The Bertz CT molecular complexity index is 726. The molecule has 2 bridgehead atoms. The summed E-state index contributed by atoms with van der Waals surface area (Å²) < 4.78 is 6.90. The summed E-state index contributed by atoms with van der Waals surface area (Å²) in [6, 6.07) is 6.14. The summed E-state index contributed by atoms with van der Waals surface area (Å²) in [5, 5.41) is 0. The molecule has 4 rings (SSSR count). The highest BCUT2D eigenvalue weighted by Gasteiger charge is 2.44. The maximum absolute atomic E-state index is 12.9. The summed E-state index contributed by atoms with van der Waals surface area (Å²) >= 11 is 3.39. The molecule has 0 aromatic carbocycles. The molecule has 5 nitrogen and oxygen atoms in total. The molecule has 2 saturated heterocycles. The van der Waals surface area contributed by atoms with E-state index in [4.69, 9.17) is 4.74 Å². The van der Waals surface area contributed by atoms with E-state index in [-0.39, 0.29) is 24.1 Å². The van der Waals surface area contributed by atoms with E-state index < -0.39 is 0 Å². The minimum absolute atomic E-state index is 0.0797. The van der Waals surface area contributed by atoms with Gasteiger partial charge < -0.3 is 9.64 Å². The molecule has 24 heavy (non-hydrogen) atoms. The molecule has 0 radical (unpaired) electrons. The van der Waals surface area contributed by atoms with E-state index in [1.807, 2.05) is 23.1 Å². The molecule has 2 unspecified atom stereocenters. The van der Waals surface area contributed by atoms with Crippen LogP contribution in [-0.4, -0.2) is 39.0 Å². The molecule has 6 heteroatoms. The second-order valence-electron chi connectivity index (χ2n) is 6.39. The molecule has 0 spiro atoms. The quantitative estimate of drug-likeness (QED) is 0.808. The van der Waals surface area contributed by atoms with E-state index in [1.54, 1.807) is 24.8 Å². The second kappa shape index (κ2) is 6.51. The molecule has 2 aliphatic rings. The van der Waals surface area contributed by atoms with Crippen LogP contribution in [0, 0.1) is 0 Å². The normalized spacial score (nSPS) is 25.5. The predicted octanol–water partition coefficient (Wildman–Crippen LogP) is 3.45. The van der Waals surface area contributed by atoms with Gasteiger partial charge in [0.2, 0.25) is 0 Å². The number of ether oxygens (including phenoxy) is 1. The van der Waals surface area contributed by atoms with Crippen LogP contribution < -0.4 is 4.74 Å². The van der Waals surface area contributed by atoms with Crippen molar-refractivity contribution >= 4 is 21.8 Å². The minimum atomic E-state index is 0.0797. The summed E-state index contributed by atoms with van der Waals surface area (Å²) in [4.78, 5) is 23.1. The highest BCUT2D eigenvalue weighted by molar-refractivity contribution is 9.10. The number of rotatable bonds is 3. The number of piperidine rings is 1. The molecular weight excluding hydrogens is 370 g/mol. The number of aromatic nitrogens is 2. The van der Waals surface area contributed by atoms with Gasteiger partial charge in [0.15, 0.2) is 0 Å². The Balaban J connectivity index is 1.48. The van der Waals surface area contributed by atoms with Crippen molar-refractivity contribution in [3.8, 4) is 5.75 Å². The van der Waals surface area contributed by atoms with Crippen LogP contribution in [0.2, 0.25) is 0 Å². The van der Waals surface area contributed by atoms with Gasteiger partial charge in [-0.3, -0.25) is 14.8 Å². The van der Waals surface area contributed by atoms with E-state index in [0.717, 1.165) is 35.9 Å². The number of amides is 1. The molecule has 0 aliphatic carbocycles. The van der Waals surface area contributed by atoms with Gasteiger partial charge in [-0.05, 0) is 47.0 Å². The summed E-state index contributed by atoms with van der Waals surface area (Å²) in [6.07, 6.45) is 10.8. The number of pyridine rings is 2. The summed E-state index contributed by atoms with van der Waals surface area (Å²) in [5.74, 6) is 0.883. The lowest BCUT2D eigenvalue weighted by atomic mass is 9.98. The van der Waals surface area contributed by atoms with Crippen molar-refractivity contribution in [1.29, 1.82) is 0 Å². The number of fused-ring (bicyclic) bond motifs is 2. The van der Waals surface area contributed by atoms with Gasteiger partial charge in [0.05, 0.1) is 11.8 Å². The Morgan fingerprint density at radius 2 is 1.96 bits per heavy atom. The first-order valence-electron chi connectivity index (χ1n) is 8.20. The average molecular weight is 388 g/mol. The first-order valence-corrected chi connectivity index (χ1v) is 9.00. The number of hydrogen-bond acceptors (Lipinski definition) is 4. The van der Waals surface area contributed by atoms with Crippen LogP contribution >= 0.6 is 15.9 Å². The summed E-state index contributed by atoms with van der Waals surface area (Å²) in [6.45, 7) is 0. The van der Waals surface area contributed by atoms with E-state index in [9.17, 15) is 4.79 Å². The molecule has 2 atom stereocenters. The highest BCUT2D eigenvalue weighted by Crippen LogP contribution is 2.38. The van der Waals surface area contributed by atoms with Gasteiger partial charge in [-0.1, -0.05) is 0 Å². The van der Waals surface area contributed by atoms with Crippen molar-refractivity contribution in [2.24, 2.45) is 0 Å². The molecular formula is C18H18BrN3O2. The number of hydrogen-bond donors (Lipinski definition) is 0. The predicted molar refractivity (Wildman–Crippen MR) is 92.8 cm³/mol. The molecule has 2 aromatic rings. The average Bonchev–Trinajstić information content (AvgIpc) is 2.86. The molecule has 1 amide bonds. The Morgan fingerprint density at radius 3 is 2.62 bits per heavy atom. The molecule has 0 saturated carbocycles. The van der Waals surface area contributed by atoms with Crippen molar-refractivity contribution in [3.63, 3.8) is 0 Å². The van der Waals surface area contributed by atoms with Gasteiger partial charge in [-0.2, -0.15) is 0 Å². The van der Waals surface area contributed by atoms with Crippen LogP contribution in [0.4, 0.5) is 0 Å². The Morgan fingerprint density at radius 1 is 1.17 bits per heavy atom. The number of nitrogens with zero attached hydrogens (tertiary/aromatic N) is 3. The Kier molecular flexibility index (Phi) is 4.22. The zero-order valence-electron chi connectivity index (χ0n) is 13.1. The molecule has 0 N–H and O–H groups in total. The number of carbonyl (C=O) groups is 1. The van der Waals surface area contributed by atoms with Crippen molar-refractivity contribution in [1.82, 2.24) is 14.9 Å². The lowest BCUT2D eigenvalue weighted by Crippen LogP contribution is -2.49. The molecule has 2 aromatic heterocycles. The standard InChI is InChI=1S/C18H18BrN3O2/c19-13-6-12(9-21-10-13)18(23)22-14-3-4-15(22)8-17(7-14)24-16-2-1-5-20-11-16/h1-2,5-6,9-11,14-15,17H,3-4,7-8H2. The van der Waals surface area contributed by atoms with Gasteiger partial charge in [0, 0.05) is 48.0 Å². The van der Waals surface area contributed by atoms with Crippen molar-refractivity contribution in [3.05, 3.63) is 53.0 Å². The van der Waals surface area contributed by atoms with E-state index in [1.165, 1.54) is 0 Å². The van der Waals surface area contributed by atoms with Crippen LogP contribution in [-0.2, 0) is 0 Å². The number of carbonyl (C=O) groups excluding carboxylic acids is 1. The fraction of sp³-hybridized carbons (Fsp3) is 0.389. The maximum Gasteiger partial charge on any atom is 0.255 e. The largest absolute Gasteiger partial charge is 0.489 e. The van der Waals surface area contributed by atoms with Crippen LogP contribution in [0.25, 0.3) is 0 Å². The molecule has 124 valence electrons. The third kappa shape index (κ3) is 3.02. The van der Waals surface area contributed by atoms with Gasteiger partial charge in [-0.25, -0.2) is 0 Å². The first-order chi connectivity index (χ1) is 11.7. The van der Waals surface area contributed by atoms with Gasteiger partial charge >= 0.3 is 0 Å². The fourth-order valence-electron chi connectivity index (χ4n) is 3.84. The zero-order chi connectivity index (χ0) is 16.5. The monoisotopic (exact) mass is 387 g/mol. The topological polar surface area (TPSA) is 55.3 Å². The highest BCUT2D eigenvalue weighted by atomic mass is 79.9. The van der Waals surface area contributed by atoms with Crippen molar-refractivity contribution in [2.75, 3.05) is 0 Å². The fourth-order valence-corrected chi connectivity index (χ4v) is 4.21. The third-order valence-corrected chi connectivity index (χ3v) is 5.25. The van der Waals surface area contributed by atoms with E-state index >= 15 is 0 Å². The first kappa shape index (κ1) is 15.6. The zero-order valence-corrected chi connectivity index (χ0v) is 14.7. The Labute approximate surface area is 149 Å². The minimum Gasteiger partial charge on any atom is -0.489 e. The van der Waals surface area contributed by atoms with E-state index in [2.05, 4.69) is 25.9 Å². The lowest BCUT2D eigenvalue weighted by Gasteiger charge is -2.38. The van der Waals surface area contributed by atoms with Crippen molar-refractivity contribution in [2.45, 2.75) is 43.9 Å². The SMILES string of the molecule is O=C(c1cncc(Br)c1)N1C2CCC1CC(Oc1cccnc1)C2. The van der Waals surface area contributed by atoms with Gasteiger partial charge in [0.25, 0.3) is 5.91 Å².